The van der Waals surface area contributed by atoms with E-state index in [1.54, 1.807) is 19.1 Å². The second-order valence-electron chi connectivity index (χ2n) is 7.35. The molecule has 1 aliphatic carbocycles. The highest BCUT2D eigenvalue weighted by atomic mass is 19.1. The fraction of sp³-hybridized carbons (Fsp3) is 0.269. The zero-order chi connectivity index (χ0) is 23.7. The molecular weight excluding hydrogens is 405 g/mol. The molecule has 0 spiro atoms. The van der Waals surface area contributed by atoms with Crippen LogP contribution in [-0.4, -0.2) is 19.1 Å². The summed E-state index contributed by atoms with van der Waals surface area (Å²) in [7, 11) is 1.48. The molecule has 0 radical (unpaired) electrons. The Bertz CT molecular complexity index is 1000. The molecule has 0 unspecified atom stereocenters. The van der Waals surface area contributed by atoms with Crippen molar-refractivity contribution in [2.75, 3.05) is 12.4 Å². The maximum atomic E-state index is 13.6. The average molecular weight is 438 g/mol. The first-order chi connectivity index (χ1) is 15.3. The number of nitrogens with one attached hydrogen (secondary N) is 2. The summed E-state index contributed by atoms with van der Waals surface area (Å²) in [5, 5.41) is 6.06. The molecule has 0 atom stereocenters. The van der Waals surface area contributed by atoms with Crippen LogP contribution in [0.2, 0.25) is 0 Å². The normalized spacial score (nSPS) is 13.5. The molecule has 2 aromatic rings. The lowest BCUT2D eigenvalue weighted by molar-refractivity contribution is -0.117. The second-order valence-corrected chi connectivity index (χ2v) is 7.35. The van der Waals surface area contributed by atoms with Crippen molar-refractivity contribution in [1.29, 1.82) is 0 Å². The third kappa shape index (κ3) is 7.01. The molecule has 0 saturated heterocycles. The SMILES string of the molecule is C=C(/C=C(N)\C=C(/C)Nc1cc(F)cc(OC)c1)C(=O)NC1Cc2ccccc2C1.CC. The Morgan fingerprint density at radius 2 is 1.78 bits per heavy atom. The van der Waals surface area contributed by atoms with Crippen molar-refractivity contribution in [1.82, 2.24) is 5.32 Å². The summed E-state index contributed by atoms with van der Waals surface area (Å²) in [4.78, 5) is 12.5. The van der Waals surface area contributed by atoms with Crippen LogP contribution in [0.3, 0.4) is 0 Å². The molecule has 1 aliphatic rings. The highest BCUT2D eigenvalue weighted by Gasteiger charge is 2.22. The number of hydrogen-bond donors (Lipinski definition) is 3. The van der Waals surface area contributed by atoms with Gasteiger partial charge in [-0.15, -0.1) is 0 Å². The largest absolute Gasteiger partial charge is 0.497 e. The van der Waals surface area contributed by atoms with Gasteiger partial charge in [0.25, 0.3) is 5.91 Å². The van der Waals surface area contributed by atoms with E-state index < -0.39 is 5.82 Å². The molecule has 0 bridgehead atoms. The summed E-state index contributed by atoms with van der Waals surface area (Å²) in [6.07, 6.45) is 4.80. The fourth-order valence-electron chi connectivity index (χ4n) is 3.51. The van der Waals surface area contributed by atoms with Crippen LogP contribution in [0.15, 0.2) is 78.2 Å². The monoisotopic (exact) mass is 437 g/mol. The predicted molar refractivity (Wildman–Crippen MR) is 129 cm³/mol. The summed E-state index contributed by atoms with van der Waals surface area (Å²) >= 11 is 0. The number of nitrogens with two attached hydrogens (primary N) is 1. The molecule has 2 aromatic carbocycles. The molecule has 170 valence electrons. The Labute approximate surface area is 189 Å². The second kappa shape index (κ2) is 11.7. The molecule has 0 saturated carbocycles. The molecule has 32 heavy (non-hydrogen) atoms. The van der Waals surface area contributed by atoms with Gasteiger partial charge in [-0.05, 0) is 49.1 Å². The zero-order valence-corrected chi connectivity index (χ0v) is 19.2. The van der Waals surface area contributed by atoms with E-state index in [1.165, 1.54) is 36.4 Å². The number of methoxy groups -OCH3 is 1. The number of amides is 1. The van der Waals surface area contributed by atoms with Crippen LogP contribution in [0.4, 0.5) is 10.1 Å². The van der Waals surface area contributed by atoms with E-state index in [2.05, 4.69) is 29.3 Å². The number of ether oxygens (including phenoxy) is 1. The van der Waals surface area contributed by atoms with Crippen LogP contribution in [0, 0.1) is 5.82 Å². The minimum atomic E-state index is -0.410. The van der Waals surface area contributed by atoms with Crippen molar-refractivity contribution in [2.24, 2.45) is 5.73 Å². The van der Waals surface area contributed by atoms with Crippen LogP contribution >= 0.6 is 0 Å². The molecule has 5 nitrogen and oxygen atoms in total. The Kier molecular flexibility index (Phi) is 9.08. The standard InChI is InChI=1S/C24H26FN3O2.C2H6/c1-15(24(29)28-21-10-17-6-4-5-7-18(17)11-21)8-20(26)9-16(2)27-22-12-19(25)13-23(14-22)30-3;1-2/h4-9,12-14,21,27H,1,10-11,26H2,2-3H3,(H,28,29);1-2H3/b16-9+,20-8+;. The minimum Gasteiger partial charge on any atom is -0.497 e. The highest BCUT2D eigenvalue weighted by molar-refractivity contribution is 5.96. The molecule has 3 rings (SSSR count). The predicted octanol–water partition coefficient (Wildman–Crippen LogP) is 4.86. The van der Waals surface area contributed by atoms with Gasteiger partial charge >= 0.3 is 0 Å². The van der Waals surface area contributed by atoms with Gasteiger partial charge in [-0.2, -0.15) is 0 Å². The summed E-state index contributed by atoms with van der Waals surface area (Å²) in [6, 6.07) is 12.6. The summed E-state index contributed by atoms with van der Waals surface area (Å²) in [6.45, 7) is 9.62. The lowest BCUT2D eigenvalue weighted by atomic mass is 10.1. The van der Waals surface area contributed by atoms with Gasteiger partial charge in [0, 0.05) is 40.8 Å². The Morgan fingerprint density at radius 1 is 1.16 bits per heavy atom. The number of anilines is 1. The summed E-state index contributed by atoms with van der Waals surface area (Å²) in [5.74, 6) is -0.246. The Balaban J connectivity index is 0.00000176. The quantitative estimate of drug-likeness (QED) is 0.427. The number of fused-ring (bicyclic) bond motifs is 1. The molecular formula is C26H32FN3O2. The van der Waals surface area contributed by atoms with Gasteiger partial charge in [-0.25, -0.2) is 4.39 Å². The van der Waals surface area contributed by atoms with E-state index in [9.17, 15) is 9.18 Å². The number of halogens is 1. The zero-order valence-electron chi connectivity index (χ0n) is 19.2. The Hall–Kier alpha value is -3.54. The van der Waals surface area contributed by atoms with E-state index in [0.29, 0.717) is 22.8 Å². The van der Waals surface area contributed by atoms with Crippen molar-refractivity contribution in [3.63, 3.8) is 0 Å². The number of carbonyl (C=O) groups excluding carboxylic acids is 1. The van der Waals surface area contributed by atoms with E-state index >= 15 is 0 Å². The Morgan fingerprint density at radius 3 is 2.38 bits per heavy atom. The number of hydrogen-bond acceptors (Lipinski definition) is 4. The minimum absolute atomic E-state index is 0.0585. The third-order valence-corrected chi connectivity index (χ3v) is 4.85. The van der Waals surface area contributed by atoms with Crippen molar-refractivity contribution in [3.05, 3.63) is 95.1 Å². The molecule has 0 aromatic heterocycles. The first-order valence-corrected chi connectivity index (χ1v) is 10.7. The van der Waals surface area contributed by atoms with E-state index in [4.69, 9.17) is 10.5 Å². The van der Waals surface area contributed by atoms with Crippen LogP contribution in [0.25, 0.3) is 0 Å². The van der Waals surface area contributed by atoms with Gasteiger partial charge in [0.2, 0.25) is 0 Å². The fourth-order valence-corrected chi connectivity index (χ4v) is 3.51. The lowest BCUT2D eigenvalue weighted by Gasteiger charge is -2.12. The molecule has 6 heteroatoms. The van der Waals surface area contributed by atoms with Crippen molar-refractivity contribution >= 4 is 11.6 Å². The summed E-state index contributed by atoms with van der Waals surface area (Å²) < 4.78 is 18.7. The van der Waals surface area contributed by atoms with Crippen LogP contribution in [0.1, 0.15) is 31.9 Å². The number of benzene rings is 2. The first-order valence-electron chi connectivity index (χ1n) is 10.7. The van der Waals surface area contributed by atoms with Gasteiger partial charge in [-0.3, -0.25) is 4.79 Å². The van der Waals surface area contributed by atoms with E-state index in [-0.39, 0.29) is 17.5 Å². The molecule has 0 heterocycles. The molecule has 0 aliphatic heterocycles. The van der Waals surface area contributed by atoms with Crippen molar-refractivity contribution in [3.8, 4) is 5.75 Å². The van der Waals surface area contributed by atoms with Gasteiger partial charge in [0.05, 0.1) is 7.11 Å². The number of allylic oxidation sites excluding steroid dienone is 2. The van der Waals surface area contributed by atoms with Crippen LogP contribution in [0.5, 0.6) is 5.75 Å². The van der Waals surface area contributed by atoms with E-state index in [1.807, 2.05) is 26.0 Å². The van der Waals surface area contributed by atoms with Gasteiger partial charge in [0.15, 0.2) is 0 Å². The maximum absolute atomic E-state index is 13.6. The third-order valence-electron chi connectivity index (χ3n) is 4.85. The van der Waals surface area contributed by atoms with Crippen LogP contribution in [-0.2, 0) is 17.6 Å². The molecule has 0 fully saturated rings. The number of carbonyl (C=O) groups is 1. The highest BCUT2D eigenvalue weighted by Crippen LogP contribution is 2.22. The topological polar surface area (TPSA) is 76.4 Å². The van der Waals surface area contributed by atoms with Crippen molar-refractivity contribution < 1.29 is 13.9 Å². The molecule has 1 amide bonds. The smallest absolute Gasteiger partial charge is 0.250 e. The maximum Gasteiger partial charge on any atom is 0.250 e. The van der Waals surface area contributed by atoms with E-state index in [0.717, 1.165) is 12.8 Å². The van der Waals surface area contributed by atoms with Gasteiger partial charge in [-0.1, -0.05) is 44.7 Å². The summed E-state index contributed by atoms with van der Waals surface area (Å²) in [5.41, 5.74) is 10.4. The van der Waals surface area contributed by atoms with Crippen molar-refractivity contribution in [2.45, 2.75) is 39.7 Å². The van der Waals surface area contributed by atoms with Crippen LogP contribution < -0.4 is 21.1 Å². The first kappa shape index (κ1) is 24.7. The lowest BCUT2D eigenvalue weighted by Crippen LogP contribution is -2.35. The van der Waals surface area contributed by atoms with Gasteiger partial charge in [0.1, 0.15) is 11.6 Å². The number of rotatable bonds is 7. The van der Waals surface area contributed by atoms with Gasteiger partial charge < -0.3 is 21.1 Å². The molecule has 4 N–H and O–H groups in total. The average Bonchev–Trinajstić information content (AvgIpc) is 3.16.